The van der Waals surface area contributed by atoms with Crippen molar-refractivity contribution in [3.05, 3.63) is 88.4 Å². The molecule has 1 saturated carbocycles. The Hall–Kier alpha value is -4.71. The van der Waals surface area contributed by atoms with Gasteiger partial charge < -0.3 is 19.7 Å². The highest BCUT2D eigenvalue weighted by atomic mass is 19.1. The average molecular weight is 511 g/mol. The second kappa shape index (κ2) is 9.63. The summed E-state index contributed by atoms with van der Waals surface area (Å²) in [4.78, 5) is 31.1. The molecule has 2 aliphatic heterocycles. The van der Waals surface area contributed by atoms with Crippen molar-refractivity contribution in [2.45, 2.75) is 31.4 Å². The summed E-state index contributed by atoms with van der Waals surface area (Å²) in [6.45, 7) is 0.744. The van der Waals surface area contributed by atoms with Crippen LogP contribution >= 0.6 is 0 Å². The minimum Gasteiger partial charge on any atom is -0.490 e. The predicted molar refractivity (Wildman–Crippen MR) is 137 cm³/mol. The monoisotopic (exact) mass is 510 g/mol. The molecule has 6 rings (SSSR count). The second-order valence-corrected chi connectivity index (χ2v) is 9.61. The van der Waals surface area contributed by atoms with Gasteiger partial charge in [0.05, 0.1) is 34.9 Å². The van der Waals surface area contributed by atoms with Crippen LogP contribution in [0.5, 0.6) is 5.75 Å². The van der Waals surface area contributed by atoms with E-state index >= 15 is 0 Å². The van der Waals surface area contributed by atoms with Gasteiger partial charge >= 0.3 is 5.97 Å². The fraction of sp³-hybridized carbons (Fsp3) is 0.241. The van der Waals surface area contributed by atoms with Crippen LogP contribution in [0.25, 0.3) is 11.8 Å². The number of pyridine rings is 1. The molecule has 3 heterocycles. The van der Waals surface area contributed by atoms with Crippen LogP contribution in [0.1, 0.15) is 56.7 Å². The van der Waals surface area contributed by atoms with E-state index in [2.05, 4.69) is 16.4 Å². The number of nitrogens with one attached hydrogen (secondary N) is 1. The lowest BCUT2D eigenvalue weighted by atomic mass is 9.96. The number of hydrogen-bond acceptors (Lipinski definition) is 7. The highest BCUT2D eigenvalue weighted by molar-refractivity contribution is 6.06. The first-order valence-corrected chi connectivity index (χ1v) is 12.4. The molecule has 190 valence electrons. The van der Waals surface area contributed by atoms with Crippen molar-refractivity contribution in [1.82, 2.24) is 9.88 Å². The Labute approximate surface area is 218 Å². The minimum atomic E-state index is -0.628. The van der Waals surface area contributed by atoms with Crippen LogP contribution in [0.3, 0.4) is 0 Å². The van der Waals surface area contributed by atoms with Crippen LogP contribution in [0.15, 0.2) is 54.7 Å². The van der Waals surface area contributed by atoms with Gasteiger partial charge in [-0.2, -0.15) is 5.26 Å². The lowest BCUT2D eigenvalue weighted by Gasteiger charge is -2.39. The molecule has 9 heteroatoms. The van der Waals surface area contributed by atoms with Crippen molar-refractivity contribution < 1.29 is 23.5 Å². The molecule has 1 N–H and O–H groups in total. The van der Waals surface area contributed by atoms with E-state index in [1.165, 1.54) is 23.1 Å². The molecular formula is C29H23FN4O4. The van der Waals surface area contributed by atoms with Crippen LogP contribution in [-0.4, -0.2) is 47.0 Å². The Balaban J connectivity index is 1.17. The van der Waals surface area contributed by atoms with Crippen molar-refractivity contribution >= 4 is 29.5 Å². The average Bonchev–Trinajstić information content (AvgIpc) is 3.18. The number of hydrogen-bond donors (Lipinski definition) is 1. The van der Waals surface area contributed by atoms with Gasteiger partial charge in [0.2, 0.25) is 0 Å². The number of carbonyl (C=O) groups excluding carboxylic acids is 2. The smallest absolute Gasteiger partial charge is 0.344 e. The summed E-state index contributed by atoms with van der Waals surface area (Å²) in [6.07, 6.45) is 6.54. The molecule has 38 heavy (non-hydrogen) atoms. The van der Waals surface area contributed by atoms with Crippen LogP contribution in [0, 0.1) is 17.1 Å². The maximum atomic E-state index is 14.7. The molecule has 8 nitrogen and oxygen atoms in total. The second-order valence-electron chi connectivity index (χ2n) is 9.61. The topological polar surface area (TPSA) is 105 Å². The van der Waals surface area contributed by atoms with Gasteiger partial charge in [-0.15, -0.1) is 0 Å². The molecular weight excluding hydrogens is 487 g/mol. The van der Waals surface area contributed by atoms with Crippen molar-refractivity contribution in [3.63, 3.8) is 0 Å². The van der Waals surface area contributed by atoms with Gasteiger partial charge in [0.1, 0.15) is 23.1 Å². The first kappa shape index (κ1) is 23.7. The highest BCUT2D eigenvalue weighted by Gasteiger charge is 2.33. The number of ether oxygens (including phenoxy) is 2. The number of nitriles is 1. The van der Waals surface area contributed by atoms with E-state index in [0.717, 1.165) is 19.3 Å². The van der Waals surface area contributed by atoms with Crippen LogP contribution in [0.2, 0.25) is 0 Å². The molecule has 3 aliphatic rings. The third-order valence-corrected chi connectivity index (χ3v) is 6.96. The van der Waals surface area contributed by atoms with Gasteiger partial charge in [-0.1, -0.05) is 6.07 Å². The molecule has 1 amide bonds. The fourth-order valence-electron chi connectivity index (χ4n) is 4.62. The van der Waals surface area contributed by atoms with Gasteiger partial charge in [0.25, 0.3) is 5.91 Å². The maximum absolute atomic E-state index is 14.7. The van der Waals surface area contributed by atoms with E-state index in [-0.39, 0.29) is 17.7 Å². The van der Waals surface area contributed by atoms with E-state index < -0.39 is 17.7 Å². The summed E-state index contributed by atoms with van der Waals surface area (Å²) in [5, 5.41) is 12.2. The first-order chi connectivity index (χ1) is 18.5. The zero-order valence-electron chi connectivity index (χ0n) is 20.3. The Morgan fingerprint density at radius 3 is 2.76 bits per heavy atom. The molecule has 0 radical (unpaired) electrons. The van der Waals surface area contributed by atoms with Crippen molar-refractivity contribution in [2.75, 3.05) is 18.4 Å². The predicted octanol–water partition coefficient (Wildman–Crippen LogP) is 4.63. The summed E-state index contributed by atoms with van der Waals surface area (Å²) in [7, 11) is 0. The van der Waals surface area contributed by atoms with Crippen molar-refractivity contribution in [3.8, 4) is 11.8 Å². The molecule has 2 aromatic carbocycles. The SMILES string of the molecule is N#Cc1ccnc(NC2CN(C(=O)c3cc(C=C4OC(=O)c5ccc(OC6CCC6)cc54)ccc3F)C2)c1. The molecule has 1 aliphatic carbocycles. The van der Waals surface area contributed by atoms with Crippen molar-refractivity contribution in [1.29, 1.82) is 5.26 Å². The third kappa shape index (κ3) is 4.57. The Kier molecular flexibility index (Phi) is 6.00. The number of cyclic esters (lactones) is 1. The van der Waals surface area contributed by atoms with Gasteiger partial charge in [0.15, 0.2) is 0 Å². The van der Waals surface area contributed by atoms with E-state index in [9.17, 15) is 14.0 Å². The number of likely N-dealkylation sites (tertiary alicyclic amines) is 1. The van der Waals surface area contributed by atoms with Crippen molar-refractivity contribution in [2.24, 2.45) is 0 Å². The Morgan fingerprint density at radius 2 is 2.00 bits per heavy atom. The molecule has 0 unspecified atom stereocenters. The molecule has 1 saturated heterocycles. The number of anilines is 1. The quantitative estimate of drug-likeness (QED) is 0.482. The molecule has 0 bridgehead atoms. The van der Waals surface area contributed by atoms with Gasteiger partial charge in [-0.25, -0.2) is 14.2 Å². The number of esters is 1. The molecule has 0 atom stereocenters. The zero-order valence-corrected chi connectivity index (χ0v) is 20.3. The summed E-state index contributed by atoms with van der Waals surface area (Å²) >= 11 is 0. The van der Waals surface area contributed by atoms with E-state index in [0.29, 0.717) is 52.7 Å². The van der Waals surface area contributed by atoms with E-state index in [4.69, 9.17) is 14.7 Å². The highest BCUT2D eigenvalue weighted by Crippen LogP contribution is 2.35. The normalized spacial score (nSPS) is 17.7. The van der Waals surface area contributed by atoms with Gasteiger partial charge in [-0.3, -0.25) is 4.79 Å². The van der Waals surface area contributed by atoms with Gasteiger partial charge in [-0.05, 0) is 73.4 Å². The number of aromatic nitrogens is 1. The maximum Gasteiger partial charge on any atom is 0.344 e. The number of halogens is 1. The summed E-state index contributed by atoms with van der Waals surface area (Å²) < 4.78 is 26.1. The summed E-state index contributed by atoms with van der Waals surface area (Å²) in [6, 6.07) is 14.7. The summed E-state index contributed by atoms with van der Waals surface area (Å²) in [5.74, 6) is 0.0244. The minimum absolute atomic E-state index is 0.0560. The molecule has 0 spiro atoms. The van der Waals surface area contributed by atoms with Crippen LogP contribution in [0.4, 0.5) is 10.2 Å². The Bertz CT molecular complexity index is 1520. The third-order valence-electron chi connectivity index (χ3n) is 6.96. The first-order valence-electron chi connectivity index (χ1n) is 12.4. The van der Waals surface area contributed by atoms with E-state index in [1.807, 2.05) is 0 Å². The van der Waals surface area contributed by atoms with Crippen LogP contribution < -0.4 is 10.1 Å². The standard InChI is InChI=1S/C29H23FN4O4/c30-25-7-4-17(11-26-23-13-21(37-20-2-1-3-20)5-6-22(23)29(36)38-26)10-24(25)28(35)34-15-19(16-34)33-27-12-18(14-31)8-9-32-27/h4-13,19-20H,1-3,15-16H2,(H,32,33). The van der Waals surface area contributed by atoms with Gasteiger partial charge in [0, 0.05) is 24.8 Å². The molecule has 2 fully saturated rings. The number of nitrogens with zero attached hydrogens (tertiary/aromatic N) is 3. The summed E-state index contributed by atoms with van der Waals surface area (Å²) in [5.41, 5.74) is 2.00. The number of amides is 1. The van der Waals surface area contributed by atoms with Crippen LogP contribution in [-0.2, 0) is 4.74 Å². The Morgan fingerprint density at radius 1 is 1.16 bits per heavy atom. The lowest BCUT2D eigenvalue weighted by molar-refractivity contribution is 0.0619. The largest absolute Gasteiger partial charge is 0.490 e. The number of rotatable bonds is 6. The van der Waals surface area contributed by atoms with E-state index in [1.54, 1.807) is 42.6 Å². The number of carbonyl (C=O) groups is 2. The fourth-order valence-corrected chi connectivity index (χ4v) is 4.62. The lowest BCUT2D eigenvalue weighted by Crippen LogP contribution is -2.57. The molecule has 3 aromatic rings. The molecule has 1 aromatic heterocycles. The number of fused-ring (bicyclic) bond motifs is 1. The zero-order chi connectivity index (χ0) is 26.2. The number of benzene rings is 2.